The van der Waals surface area contributed by atoms with Gasteiger partial charge in [0.05, 0.1) is 24.1 Å². The highest BCUT2D eigenvalue weighted by Gasteiger charge is 2.26. The molecule has 1 aliphatic rings. The van der Waals surface area contributed by atoms with Crippen molar-refractivity contribution in [2.24, 2.45) is 0 Å². The van der Waals surface area contributed by atoms with Gasteiger partial charge in [-0.3, -0.25) is 14.8 Å². The fourth-order valence-corrected chi connectivity index (χ4v) is 3.14. The number of amides is 1. The molecule has 28 heavy (non-hydrogen) atoms. The van der Waals surface area contributed by atoms with Gasteiger partial charge >= 0.3 is 0 Å². The molecule has 1 amide bonds. The summed E-state index contributed by atoms with van der Waals surface area (Å²) in [5, 5.41) is 14.5. The van der Waals surface area contributed by atoms with E-state index in [0.29, 0.717) is 24.5 Å². The Kier molecular flexibility index (Phi) is 5.02. The number of hydrogen-bond acceptors (Lipinski definition) is 6. The van der Waals surface area contributed by atoms with Gasteiger partial charge < -0.3 is 15.2 Å². The zero-order chi connectivity index (χ0) is 19.7. The smallest absolute Gasteiger partial charge is 0.254 e. The summed E-state index contributed by atoms with van der Waals surface area (Å²) in [7, 11) is 0. The minimum Gasteiger partial charge on any atom is -0.387 e. The Morgan fingerprint density at radius 3 is 2.64 bits per heavy atom. The number of pyridine rings is 3. The summed E-state index contributed by atoms with van der Waals surface area (Å²) in [5.41, 5.74) is 3.37. The van der Waals surface area contributed by atoms with E-state index in [-0.39, 0.29) is 12.0 Å². The predicted octanol–water partition coefficient (Wildman–Crippen LogP) is 3.17. The van der Waals surface area contributed by atoms with Crippen LogP contribution in [0.25, 0.3) is 22.0 Å². The highest BCUT2D eigenvalue weighted by Crippen LogP contribution is 2.27. The van der Waals surface area contributed by atoms with Gasteiger partial charge in [-0.05, 0) is 37.1 Å². The van der Waals surface area contributed by atoms with E-state index in [2.05, 4.69) is 20.3 Å². The number of aromatic nitrogens is 3. The van der Waals surface area contributed by atoms with Gasteiger partial charge in [0.1, 0.15) is 11.9 Å². The van der Waals surface area contributed by atoms with Crippen molar-refractivity contribution in [3.8, 4) is 11.3 Å². The lowest BCUT2D eigenvalue weighted by Gasteiger charge is -2.24. The Balaban J connectivity index is 1.59. The van der Waals surface area contributed by atoms with Crippen molar-refractivity contribution >= 4 is 22.5 Å². The fraction of sp³-hybridized carbons (Fsp3) is 0.333. The molecule has 1 saturated heterocycles. The molecule has 1 aliphatic heterocycles. The molecule has 3 aromatic rings. The van der Waals surface area contributed by atoms with E-state index in [1.807, 2.05) is 26.0 Å². The maximum atomic E-state index is 12.0. The van der Waals surface area contributed by atoms with Crippen molar-refractivity contribution < 1.29 is 14.6 Å². The summed E-state index contributed by atoms with van der Waals surface area (Å²) in [5.74, 6) is 0.317. The molecule has 3 aromatic heterocycles. The summed E-state index contributed by atoms with van der Waals surface area (Å²) >= 11 is 0. The van der Waals surface area contributed by atoms with Gasteiger partial charge in [0.2, 0.25) is 0 Å². The van der Waals surface area contributed by atoms with Crippen LogP contribution in [0, 0.1) is 6.92 Å². The van der Waals surface area contributed by atoms with Crippen LogP contribution in [0.1, 0.15) is 37.1 Å². The van der Waals surface area contributed by atoms with E-state index in [9.17, 15) is 9.90 Å². The van der Waals surface area contributed by atoms with E-state index in [1.165, 1.54) is 0 Å². The van der Waals surface area contributed by atoms with Crippen LogP contribution in [0.4, 0.5) is 5.82 Å². The number of carbonyl (C=O) groups excluding carboxylic acids is 1. The summed E-state index contributed by atoms with van der Waals surface area (Å²) in [4.78, 5) is 25.2. The summed E-state index contributed by atoms with van der Waals surface area (Å²) in [6, 6.07) is 5.65. The van der Waals surface area contributed by atoms with Crippen LogP contribution in [0.5, 0.6) is 0 Å². The number of aliphatic hydroxyl groups is 1. The number of fused-ring (bicyclic) bond motifs is 1. The van der Waals surface area contributed by atoms with Crippen molar-refractivity contribution in [3.63, 3.8) is 0 Å². The van der Waals surface area contributed by atoms with Gasteiger partial charge in [-0.15, -0.1) is 0 Å². The average molecular weight is 378 g/mol. The van der Waals surface area contributed by atoms with Crippen LogP contribution in [0.15, 0.2) is 36.8 Å². The number of carbonyl (C=O) groups is 1. The molecule has 0 radical (unpaired) electrons. The second-order valence-corrected chi connectivity index (χ2v) is 6.97. The zero-order valence-electron chi connectivity index (χ0n) is 15.8. The minimum absolute atomic E-state index is 0.168. The molecular formula is C21H22N4O3. The summed E-state index contributed by atoms with van der Waals surface area (Å²) < 4.78 is 5.18. The van der Waals surface area contributed by atoms with Gasteiger partial charge in [0, 0.05) is 41.3 Å². The predicted molar refractivity (Wildman–Crippen MR) is 106 cm³/mol. The van der Waals surface area contributed by atoms with E-state index < -0.39 is 6.10 Å². The second-order valence-electron chi connectivity index (χ2n) is 6.97. The highest BCUT2D eigenvalue weighted by molar-refractivity contribution is 5.96. The lowest BCUT2D eigenvalue weighted by atomic mass is 10.0. The monoisotopic (exact) mass is 378 g/mol. The molecular weight excluding hydrogens is 356 g/mol. The number of aryl methyl sites for hydroxylation is 1. The maximum Gasteiger partial charge on any atom is 0.254 e. The van der Waals surface area contributed by atoms with Crippen LogP contribution in [-0.4, -0.2) is 38.7 Å². The molecule has 4 rings (SSSR count). The number of hydrogen-bond donors (Lipinski definition) is 2. The van der Waals surface area contributed by atoms with E-state index in [4.69, 9.17) is 4.74 Å². The molecule has 2 N–H and O–H groups in total. The summed E-state index contributed by atoms with van der Waals surface area (Å²) in [6.45, 7) is 4.53. The van der Waals surface area contributed by atoms with E-state index >= 15 is 0 Å². The second kappa shape index (κ2) is 7.61. The van der Waals surface area contributed by atoms with Crippen LogP contribution in [-0.2, 0) is 9.53 Å². The quantitative estimate of drug-likeness (QED) is 0.708. The van der Waals surface area contributed by atoms with Crippen LogP contribution in [0.2, 0.25) is 0 Å². The number of rotatable bonds is 5. The van der Waals surface area contributed by atoms with Gasteiger partial charge in [0.15, 0.2) is 0 Å². The normalized spacial score (nSPS) is 17.2. The third-order valence-corrected chi connectivity index (χ3v) is 4.98. The van der Waals surface area contributed by atoms with Crippen LogP contribution in [0.3, 0.4) is 0 Å². The molecule has 0 aliphatic carbocycles. The molecule has 144 valence electrons. The largest absolute Gasteiger partial charge is 0.387 e. The topological polar surface area (TPSA) is 97.2 Å². The first kappa shape index (κ1) is 18.5. The Morgan fingerprint density at radius 2 is 1.96 bits per heavy atom. The molecule has 7 heteroatoms. The van der Waals surface area contributed by atoms with Crippen molar-refractivity contribution in [3.05, 3.63) is 48.0 Å². The van der Waals surface area contributed by atoms with Crippen LogP contribution >= 0.6 is 0 Å². The standard InChI is InChI=1S/C21H22N4O3/c1-3-18(26)17-6-12(2)15(11-23-17)16-7-13-10-24-20(8-14(13)9-22-16)25-21(27)19-4-5-28-19/h6-11,18-19,26H,3-5H2,1-2H3,(H,24,25,27)/t18?,19-/m0/s1. The summed E-state index contributed by atoms with van der Waals surface area (Å²) in [6.07, 6.45) is 5.66. The van der Waals surface area contributed by atoms with Crippen molar-refractivity contribution in [1.82, 2.24) is 15.0 Å². The molecule has 1 unspecified atom stereocenters. The van der Waals surface area contributed by atoms with Crippen molar-refractivity contribution in [2.45, 2.75) is 38.9 Å². The first-order valence-electron chi connectivity index (χ1n) is 9.38. The molecule has 4 heterocycles. The van der Waals surface area contributed by atoms with Gasteiger partial charge in [-0.25, -0.2) is 4.98 Å². The molecule has 0 aromatic carbocycles. The van der Waals surface area contributed by atoms with Crippen LogP contribution < -0.4 is 5.32 Å². The highest BCUT2D eigenvalue weighted by atomic mass is 16.5. The van der Waals surface area contributed by atoms with Crippen molar-refractivity contribution in [2.75, 3.05) is 11.9 Å². The molecule has 0 saturated carbocycles. The minimum atomic E-state index is -0.555. The molecule has 7 nitrogen and oxygen atoms in total. The number of aliphatic hydroxyl groups excluding tert-OH is 1. The number of nitrogens with one attached hydrogen (secondary N) is 1. The molecule has 2 atom stereocenters. The zero-order valence-corrected chi connectivity index (χ0v) is 15.8. The van der Waals surface area contributed by atoms with Gasteiger partial charge in [-0.1, -0.05) is 6.92 Å². The van der Waals surface area contributed by atoms with E-state index in [1.54, 1.807) is 24.7 Å². The molecule has 1 fully saturated rings. The average Bonchev–Trinajstić information content (AvgIpc) is 2.65. The molecule has 0 spiro atoms. The number of anilines is 1. The third-order valence-electron chi connectivity index (χ3n) is 4.98. The lowest BCUT2D eigenvalue weighted by molar-refractivity contribution is -0.139. The third kappa shape index (κ3) is 3.58. The van der Waals surface area contributed by atoms with E-state index in [0.717, 1.165) is 34.0 Å². The number of nitrogens with zero attached hydrogens (tertiary/aromatic N) is 3. The Labute approximate surface area is 162 Å². The number of ether oxygens (including phenoxy) is 1. The Hall–Kier alpha value is -2.90. The van der Waals surface area contributed by atoms with Gasteiger partial charge in [0.25, 0.3) is 5.91 Å². The molecule has 0 bridgehead atoms. The fourth-order valence-electron chi connectivity index (χ4n) is 3.14. The first-order chi connectivity index (χ1) is 13.5. The SMILES string of the molecule is CCC(O)c1cc(C)c(-c2cc3cnc(NC(=O)[C@@H]4CCO4)cc3cn2)cn1. The maximum absolute atomic E-state index is 12.0. The lowest BCUT2D eigenvalue weighted by Crippen LogP contribution is -2.39. The first-order valence-corrected chi connectivity index (χ1v) is 9.38. The Morgan fingerprint density at radius 1 is 1.21 bits per heavy atom. The van der Waals surface area contributed by atoms with Crippen molar-refractivity contribution in [1.29, 1.82) is 0 Å². The Bertz CT molecular complexity index is 1030. The van der Waals surface area contributed by atoms with Gasteiger partial charge in [-0.2, -0.15) is 0 Å².